The lowest BCUT2D eigenvalue weighted by molar-refractivity contribution is 0.395. The first-order valence-electron chi connectivity index (χ1n) is 6.41. The van der Waals surface area contributed by atoms with Crippen LogP contribution in [0.2, 0.25) is 0 Å². The number of aromatic nitrogens is 2. The molecule has 0 unspecified atom stereocenters. The van der Waals surface area contributed by atoms with E-state index in [2.05, 4.69) is 15.6 Å². The summed E-state index contributed by atoms with van der Waals surface area (Å²) in [5.74, 6) is -0.367. The van der Waals surface area contributed by atoms with Crippen molar-refractivity contribution < 1.29 is 9.13 Å². The van der Waals surface area contributed by atoms with Crippen LogP contribution in [0.4, 0.5) is 10.1 Å². The molecule has 0 aliphatic rings. The first-order chi connectivity index (χ1) is 10.6. The molecule has 0 spiro atoms. The number of nitrogens with two attached hydrogens (primary N) is 1. The van der Waals surface area contributed by atoms with E-state index >= 15 is 0 Å². The third-order valence-electron chi connectivity index (χ3n) is 2.78. The highest BCUT2D eigenvalue weighted by atomic mass is 32.1. The Hall–Kier alpha value is -2.61. The fraction of sp³-hybridized carbons (Fsp3) is 0.143. The van der Waals surface area contributed by atoms with Gasteiger partial charge in [0, 0.05) is 30.0 Å². The predicted molar refractivity (Wildman–Crippen MR) is 87.0 cm³/mol. The number of anilines is 1. The topological polar surface area (TPSA) is 77.1 Å². The Labute approximate surface area is 132 Å². The molecule has 1 aromatic carbocycles. The Morgan fingerprint density at radius 1 is 1.55 bits per heavy atom. The number of benzene rings is 1. The monoisotopic (exact) mass is 321 g/mol. The maximum atomic E-state index is 14.1. The summed E-state index contributed by atoms with van der Waals surface area (Å²) in [4.78, 5) is 3.89. The average molecular weight is 321 g/mol. The van der Waals surface area contributed by atoms with Gasteiger partial charge >= 0.3 is 0 Å². The molecule has 0 radical (unpaired) electrons. The minimum absolute atomic E-state index is 0.257. The molecule has 116 valence electrons. The molecule has 0 atom stereocenters. The minimum Gasteiger partial charge on any atom is -0.474 e. The van der Waals surface area contributed by atoms with Crippen molar-refractivity contribution in [1.29, 1.82) is 0 Å². The number of hydrogen-bond donors (Lipinski definition) is 3. The fourth-order valence-electron chi connectivity index (χ4n) is 1.68. The molecule has 0 aliphatic carbocycles. The summed E-state index contributed by atoms with van der Waals surface area (Å²) in [5, 5.41) is 5.98. The zero-order chi connectivity index (χ0) is 15.9. The molecule has 22 heavy (non-hydrogen) atoms. The molecule has 2 rings (SSSR count). The van der Waals surface area contributed by atoms with E-state index < -0.39 is 0 Å². The van der Waals surface area contributed by atoms with Crippen molar-refractivity contribution in [2.24, 2.45) is 5.73 Å². The van der Waals surface area contributed by atoms with Crippen molar-refractivity contribution in [3.63, 3.8) is 0 Å². The second-order valence-corrected chi connectivity index (χ2v) is 4.72. The predicted octanol–water partition coefficient (Wildman–Crippen LogP) is 1.74. The van der Waals surface area contributed by atoms with Gasteiger partial charge in [-0.2, -0.15) is 0 Å². The molecule has 8 heteroatoms. The molecular formula is C14H16FN5OS. The molecule has 0 bridgehead atoms. The van der Waals surface area contributed by atoms with Gasteiger partial charge in [-0.05, 0) is 30.4 Å². The van der Waals surface area contributed by atoms with E-state index in [1.807, 2.05) is 0 Å². The van der Waals surface area contributed by atoms with Gasteiger partial charge in [0.25, 0.3) is 5.17 Å². The third-order valence-corrected chi connectivity index (χ3v) is 3.09. The summed E-state index contributed by atoms with van der Waals surface area (Å²) < 4.78 is 20.4. The van der Waals surface area contributed by atoms with Gasteiger partial charge in [-0.3, -0.25) is 0 Å². The quantitative estimate of drug-likeness (QED) is 0.728. The van der Waals surface area contributed by atoms with Crippen LogP contribution in [0.3, 0.4) is 0 Å². The van der Waals surface area contributed by atoms with Crippen molar-refractivity contribution in [3.8, 4) is 5.69 Å². The number of methoxy groups -OCH3 is 1. The first-order valence-corrected chi connectivity index (χ1v) is 6.81. The summed E-state index contributed by atoms with van der Waals surface area (Å²) >= 11 is 4.83. The van der Waals surface area contributed by atoms with E-state index in [-0.39, 0.29) is 11.0 Å². The largest absolute Gasteiger partial charge is 0.474 e. The van der Waals surface area contributed by atoms with Gasteiger partial charge in [0.1, 0.15) is 5.82 Å². The zero-order valence-electron chi connectivity index (χ0n) is 11.9. The number of thiocarbonyl (C=S) groups is 1. The number of rotatable bonds is 5. The smallest absolute Gasteiger partial charge is 0.256 e. The van der Waals surface area contributed by atoms with Crippen LogP contribution in [-0.2, 0) is 4.74 Å². The highest BCUT2D eigenvalue weighted by Crippen LogP contribution is 2.18. The first kappa shape index (κ1) is 15.8. The fourth-order valence-corrected chi connectivity index (χ4v) is 1.75. The normalized spacial score (nSPS) is 11.1. The number of nitrogens with one attached hydrogen (secondary N) is 2. The zero-order valence-corrected chi connectivity index (χ0v) is 12.7. The maximum Gasteiger partial charge on any atom is 0.256 e. The van der Waals surface area contributed by atoms with Crippen molar-refractivity contribution in [2.45, 2.75) is 0 Å². The highest BCUT2D eigenvalue weighted by molar-refractivity contribution is 7.80. The van der Waals surface area contributed by atoms with Crippen molar-refractivity contribution in [1.82, 2.24) is 14.9 Å². The second kappa shape index (κ2) is 7.41. The van der Waals surface area contributed by atoms with Crippen LogP contribution in [0.15, 0.2) is 48.8 Å². The summed E-state index contributed by atoms with van der Waals surface area (Å²) in [5.41, 5.74) is 7.29. The van der Waals surface area contributed by atoms with Crippen molar-refractivity contribution >= 4 is 23.1 Å². The van der Waals surface area contributed by atoms with Crippen molar-refractivity contribution in [3.05, 3.63) is 54.6 Å². The summed E-state index contributed by atoms with van der Waals surface area (Å²) in [6.07, 6.45) is 6.37. The Bertz CT molecular complexity index is 672. The Balaban J connectivity index is 1.99. The van der Waals surface area contributed by atoms with E-state index in [9.17, 15) is 4.39 Å². The molecule has 1 heterocycles. The van der Waals surface area contributed by atoms with Crippen LogP contribution < -0.4 is 16.4 Å². The molecule has 0 aliphatic heterocycles. The Morgan fingerprint density at radius 2 is 2.36 bits per heavy atom. The standard InChI is InChI=1S/C14H16FN5OS/c1-21-14(22)19-8-10(16)7-18-11-2-3-13(12(15)6-11)20-5-4-17-9-20/h2-7,9,18H,8,16H2,1H3,(H,19,22)/b10-7-. The lowest BCUT2D eigenvalue weighted by Crippen LogP contribution is -2.27. The molecule has 0 amide bonds. The molecule has 4 N–H and O–H groups in total. The van der Waals surface area contributed by atoms with E-state index in [4.69, 9.17) is 22.7 Å². The number of halogens is 1. The van der Waals surface area contributed by atoms with Crippen molar-refractivity contribution in [2.75, 3.05) is 19.0 Å². The van der Waals surface area contributed by atoms with E-state index in [1.165, 1.54) is 19.5 Å². The molecule has 0 fully saturated rings. The molecule has 6 nitrogen and oxygen atoms in total. The molecular weight excluding hydrogens is 305 g/mol. The SMILES string of the molecule is COC(=S)NC/C(N)=C/Nc1ccc(-n2ccnc2)c(F)c1. The van der Waals surface area contributed by atoms with E-state index in [1.54, 1.807) is 35.3 Å². The third kappa shape index (κ3) is 4.19. The van der Waals surface area contributed by atoms with Crippen LogP contribution in [0.5, 0.6) is 0 Å². The Kier molecular flexibility index (Phi) is 5.31. The lowest BCUT2D eigenvalue weighted by atomic mass is 10.2. The van der Waals surface area contributed by atoms with Gasteiger partial charge in [0.05, 0.1) is 25.7 Å². The highest BCUT2D eigenvalue weighted by Gasteiger charge is 2.04. The Morgan fingerprint density at radius 3 is 3.00 bits per heavy atom. The number of ether oxygens (including phenoxy) is 1. The number of hydrogen-bond acceptors (Lipinski definition) is 5. The molecule has 0 saturated heterocycles. The van der Waals surface area contributed by atoms with E-state index in [0.717, 1.165) is 0 Å². The summed E-state index contributed by atoms with van der Waals surface area (Å²) in [6, 6.07) is 4.78. The van der Waals surface area contributed by atoms with Crippen LogP contribution in [0, 0.1) is 5.82 Å². The lowest BCUT2D eigenvalue weighted by Gasteiger charge is -2.09. The van der Waals surface area contributed by atoms with Gasteiger partial charge in [0.15, 0.2) is 0 Å². The number of nitrogens with zero attached hydrogens (tertiary/aromatic N) is 2. The molecule has 1 aromatic heterocycles. The van der Waals surface area contributed by atoms with Crippen LogP contribution in [0.1, 0.15) is 0 Å². The van der Waals surface area contributed by atoms with Crippen LogP contribution in [-0.4, -0.2) is 28.4 Å². The summed E-state index contributed by atoms with van der Waals surface area (Å²) in [7, 11) is 1.47. The van der Waals surface area contributed by atoms with Gasteiger partial charge in [-0.15, -0.1) is 0 Å². The maximum absolute atomic E-state index is 14.1. The summed E-state index contributed by atoms with van der Waals surface area (Å²) in [6.45, 7) is 0.329. The number of imidazole rings is 1. The van der Waals surface area contributed by atoms with Gasteiger partial charge in [-0.25, -0.2) is 9.37 Å². The average Bonchev–Trinajstić information content (AvgIpc) is 3.04. The van der Waals surface area contributed by atoms with Crippen LogP contribution >= 0.6 is 12.2 Å². The van der Waals surface area contributed by atoms with E-state index in [0.29, 0.717) is 23.6 Å². The second-order valence-electron chi connectivity index (χ2n) is 4.34. The molecule has 2 aromatic rings. The van der Waals surface area contributed by atoms with Crippen LogP contribution in [0.25, 0.3) is 5.69 Å². The van der Waals surface area contributed by atoms with Gasteiger partial charge < -0.3 is 25.7 Å². The minimum atomic E-state index is -0.367. The van der Waals surface area contributed by atoms with Gasteiger partial charge in [-0.1, -0.05) is 0 Å². The molecule has 0 saturated carbocycles. The van der Waals surface area contributed by atoms with Gasteiger partial charge in [0.2, 0.25) is 0 Å².